The first-order valence-corrected chi connectivity index (χ1v) is 7.97. The van der Waals surface area contributed by atoms with Crippen LogP contribution in [0.5, 0.6) is 0 Å². The van der Waals surface area contributed by atoms with Crippen LogP contribution in [0.3, 0.4) is 0 Å². The smallest absolute Gasteiger partial charge is 0.269 e. The van der Waals surface area contributed by atoms with Crippen molar-refractivity contribution >= 4 is 41.5 Å². The molecule has 0 radical (unpaired) electrons. The van der Waals surface area contributed by atoms with E-state index in [2.05, 4.69) is 15.2 Å². The number of nitrogens with zero attached hydrogens (tertiary/aromatic N) is 3. The number of carbonyl (C=O) groups is 1. The molecule has 0 saturated carbocycles. The van der Waals surface area contributed by atoms with Crippen LogP contribution in [0.4, 0.5) is 5.69 Å². The Hall–Kier alpha value is -1.91. The minimum Gasteiger partial charge on any atom is -0.370 e. The van der Waals surface area contributed by atoms with Gasteiger partial charge in [0, 0.05) is 45.2 Å². The molecular weight excluding hydrogens is 437 g/mol. The highest BCUT2D eigenvalue weighted by molar-refractivity contribution is 14.0. The normalized spacial score (nSPS) is 17.6. The topological polar surface area (TPSA) is 114 Å². The van der Waals surface area contributed by atoms with E-state index in [-0.39, 0.29) is 41.5 Å². The Morgan fingerprint density at radius 1 is 1.44 bits per heavy atom. The number of hydrogen-bond donors (Lipinski definition) is 2. The van der Waals surface area contributed by atoms with Gasteiger partial charge >= 0.3 is 0 Å². The molecule has 1 aromatic rings. The van der Waals surface area contributed by atoms with E-state index < -0.39 is 4.92 Å². The second kappa shape index (κ2) is 10.2. The molecular formula is C16H24IN5O3. The molecule has 0 aliphatic carbocycles. The van der Waals surface area contributed by atoms with E-state index in [0.717, 1.165) is 37.5 Å². The summed E-state index contributed by atoms with van der Waals surface area (Å²) in [5.74, 6) is 0.757. The minimum atomic E-state index is -0.414. The molecule has 2 rings (SSSR count). The van der Waals surface area contributed by atoms with Crippen molar-refractivity contribution < 1.29 is 9.72 Å². The molecule has 1 heterocycles. The molecule has 1 aliphatic heterocycles. The van der Waals surface area contributed by atoms with E-state index in [1.54, 1.807) is 19.2 Å². The average molecular weight is 461 g/mol. The number of amides is 1. The molecule has 0 aromatic heterocycles. The predicted molar refractivity (Wildman–Crippen MR) is 107 cm³/mol. The number of piperidine rings is 1. The number of guanidine groups is 1. The first-order valence-electron chi connectivity index (χ1n) is 7.97. The Labute approximate surface area is 164 Å². The molecule has 1 saturated heterocycles. The Kier molecular flexibility index (Phi) is 8.59. The monoisotopic (exact) mass is 461 g/mol. The summed E-state index contributed by atoms with van der Waals surface area (Å²) >= 11 is 0. The zero-order valence-corrected chi connectivity index (χ0v) is 16.5. The van der Waals surface area contributed by atoms with Gasteiger partial charge in [-0.15, -0.1) is 24.0 Å². The first kappa shape index (κ1) is 21.1. The van der Waals surface area contributed by atoms with Crippen molar-refractivity contribution in [3.63, 3.8) is 0 Å². The number of primary amides is 1. The second-order valence-electron chi connectivity index (χ2n) is 5.95. The predicted octanol–water partition coefficient (Wildman–Crippen LogP) is 1.88. The van der Waals surface area contributed by atoms with E-state index in [4.69, 9.17) is 5.73 Å². The van der Waals surface area contributed by atoms with Gasteiger partial charge < -0.3 is 16.0 Å². The summed E-state index contributed by atoms with van der Waals surface area (Å²) in [6.45, 7) is 2.17. The van der Waals surface area contributed by atoms with Crippen molar-refractivity contribution in [3.8, 4) is 0 Å². The molecule has 1 amide bonds. The van der Waals surface area contributed by atoms with Gasteiger partial charge in [0.15, 0.2) is 5.96 Å². The van der Waals surface area contributed by atoms with Crippen molar-refractivity contribution in [2.45, 2.75) is 25.8 Å². The fraction of sp³-hybridized carbons (Fsp3) is 0.500. The van der Waals surface area contributed by atoms with E-state index in [9.17, 15) is 14.9 Å². The Bertz CT molecular complexity index is 621. The van der Waals surface area contributed by atoms with Crippen LogP contribution >= 0.6 is 24.0 Å². The van der Waals surface area contributed by atoms with Crippen LogP contribution in [0.25, 0.3) is 0 Å². The number of nitro benzene ring substituents is 1. The van der Waals surface area contributed by atoms with E-state index >= 15 is 0 Å². The van der Waals surface area contributed by atoms with E-state index in [0.29, 0.717) is 13.0 Å². The first-order chi connectivity index (χ1) is 11.5. The highest BCUT2D eigenvalue weighted by atomic mass is 127. The average Bonchev–Trinajstić information content (AvgIpc) is 2.55. The number of benzene rings is 1. The molecule has 0 spiro atoms. The lowest BCUT2D eigenvalue weighted by Crippen LogP contribution is -2.46. The SMILES string of the molecule is CN=C(NCc1ccc([N+](=O)[O-])cc1)N1CCCC(CC(N)=O)C1.I. The van der Waals surface area contributed by atoms with Gasteiger partial charge in [-0.2, -0.15) is 0 Å². The number of hydrogen-bond acceptors (Lipinski definition) is 4. The molecule has 1 fully saturated rings. The van der Waals surface area contributed by atoms with Crippen LogP contribution < -0.4 is 11.1 Å². The minimum absolute atomic E-state index is 0. The van der Waals surface area contributed by atoms with Crippen LogP contribution in [0, 0.1) is 16.0 Å². The van der Waals surface area contributed by atoms with E-state index in [1.165, 1.54) is 12.1 Å². The van der Waals surface area contributed by atoms with Crippen LogP contribution in [0.15, 0.2) is 29.3 Å². The molecule has 1 unspecified atom stereocenters. The number of likely N-dealkylation sites (tertiary alicyclic amines) is 1. The zero-order chi connectivity index (χ0) is 17.5. The second-order valence-corrected chi connectivity index (χ2v) is 5.95. The van der Waals surface area contributed by atoms with Gasteiger partial charge in [-0.25, -0.2) is 0 Å². The lowest BCUT2D eigenvalue weighted by molar-refractivity contribution is -0.384. The maximum absolute atomic E-state index is 11.1. The van der Waals surface area contributed by atoms with Crippen molar-refractivity contribution in [2.75, 3.05) is 20.1 Å². The molecule has 1 aliphatic rings. The maximum Gasteiger partial charge on any atom is 0.269 e. The highest BCUT2D eigenvalue weighted by Crippen LogP contribution is 2.19. The zero-order valence-electron chi connectivity index (χ0n) is 14.2. The van der Waals surface area contributed by atoms with Crippen LogP contribution in [-0.2, 0) is 11.3 Å². The van der Waals surface area contributed by atoms with Crippen molar-refractivity contribution in [2.24, 2.45) is 16.6 Å². The number of aliphatic imine (C=N–C) groups is 1. The molecule has 0 bridgehead atoms. The lowest BCUT2D eigenvalue weighted by Gasteiger charge is -2.34. The van der Waals surface area contributed by atoms with Gasteiger partial charge in [0.25, 0.3) is 5.69 Å². The number of nitrogens with two attached hydrogens (primary N) is 1. The molecule has 1 atom stereocenters. The third-order valence-electron chi connectivity index (χ3n) is 4.12. The number of nitro groups is 1. The fourth-order valence-electron chi connectivity index (χ4n) is 2.96. The van der Waals surface area contributed by atoms with Gasteiger partial charge in [0.1, 0.15) is 0 Å². The van der Waals surface area contributed by atoms with Crippen LogP contribution in [0.2, 0.25) is 0 Å². The van der Waals surface area contributed by atoms with Crippen molar-refractivity contribution in [3.05, 3.63) is 39.9 Å². The van der Waals surface area contributed by atoms with Gasteiger partial charge in [0.2, 0.25) is 5.91 Å². The summed E-state index contributed by atoms with van der Waals surface area (Å²) in [5.41, 5.74) is 6.31. The fourth-order valence-corrected chi connectivity index (χ4v) is 2.96. The van der Waals surface area contributed by atoms with Gasteiger partial charge in [-0.1, -0.05) is 12.1 Å². The lowest BCUT2D eigenvalue weighted by atomic mass is 9.95. The Morgan fingerprint density at radius 2 is 2.12 bits per heavy atom. The van der Waals surface area contributed by atoms with E-state index in [1.807, 2.05) is 0 Å². The number of non-ortho nitro benzene ring substituents is 1. The standard InChI is InChI=1S/C16H23N5O3.HI/c1-18-16(20-8-2-3-13(11-20)9-15(17)22)19-10-12-4-6-14(7-5-12)21(23)24;/h4-7,13H,2-3,8-11H2,1H3,(H2,17,22)(H,18,19);1H. The molecule has 3 N–H and O–H groups in total. The van der Waals surface area contributed by atoms with Gasteiger partial charge in [0.05, 0.1) is 4.92 Å². The number of nitrogens with one attached hydrogen (secondary N) is 1. The summed E-state index contributed by atoms with van der Waals surface area (Å²) in [5, 5.41) is 13.9. The maximum atomic E-state index is 11.1. The molecule has 9 heteroatoms. The summed E-state index contributed by atoms with van der Waals surface area (Å²) < 4.78 is 0. The number of halogens is 1. The Morgan fingerprint density at radius 3 is 2.68 bits per heavy atom. The molecule has 138 valence electrons. The third kappa shape index (κ3) is 6.48. The quantitative estimate of drug-likeness (QED) is 0.229. The Balaban J connectivity index is 0.00000312. The number of rotatable bonds is 5. The van der Waals surface area contributed by atoms with Gasteiger partial charge in [-0.3, -0.25) is 19.9 Å². The number of carbonyl (C=O) groups excluding carboxylic acids is 1. The molecule has 25 heavy (non-hydrogen) atoms. The van der Waals surface area contributed by atoms with Crippen LogP contribution in [0.1, 0.15) is 24.8 Å². The van der Waals surface area contributed by atoms with Crippen molar-refractivity contribution in [1.29, 1.82) is 0 Å². The molecule has 1 aromatic carbocycles. The summed E-state index contributed by atoms with van der Waals surface area (Å²) in [6.07, 6.45) is 2.39. The summed E-state index contributed by atoms with van der Waals surface area (Å²) in [4.78, 5) is 27.8. The molecule has 8 nitrogen and oxygen atoms in total. The largest absolute Gasteiger partial charge is 0.370 e. The highest BCUT2D eigenvalue weighted by Gasteiger charge is 2.23. The summed E-state index contributed by atoms with van der Waals surface area (Å²) in [6, 6.07) is 6.43. The third-order valence-corrected chi connectivity index (χ3v) is 4.12. The van der Waals surface area contributed by atoms with Crippen molar-refractivity contribution in [1.82, 2.24) is 10.2 Å². The van der Waals surface area contributed by atoms with Crippen LogP contribution in [-0.4, -0.2) is 41.8 Å². The summed E-state index contributed by atoms with van der Waals surface area (Å²) in [7, 11) is 1.72. The van der Waals surface area contributed by atoms with Gasteiger partial charge in [-0.05, 0) is 24.3 Å².